The normalized spacial score (nSPS) is 10.6. The zero-order valence-electron chi connectivity index (χ0n) is 9.18. The number of hydrogen-bond acceptors (Lipinski definition) is 5. The summed E-state index contributed by atoms with van der Waals surface area (Å²) in [6.07, 6.45) is 5.18. The zero-order valence-corrected chi connectivity index (χ0v) is 9.18. The molecule has 0 spiro atoms. The van der Waals surface area contributed by atoms with Crippen molar-refractivity contribution < 1.29 is 0 Å². The minimum absolute atomic E-state index is 0.511. The van der Waals surface area contributed by atoms with E-state index in [1.54, 1.807) is 18.6 Å². The summed E-state index contributed by atoms with van der Waals surface area (Å²) in [6.45, 7) is 1.94. The maximum Gasteiger partial charge on any atom is 0.229 e. The maximum atomic E-state index is 4.30. The van der Waals surface area contributed by atoms with Crippen LogP contribution in [0.3, 0.4) is 0 Å². The second-order valence-corrected chi connectivity index (χ2v) is 3.65. The van der Waals surface area contributed by atoms with Gasteiger partial charge in [0.15, 0.2) is 5.65 Å². The number of nitrogens with one attached hydrogen (secondary N) is 2. The Hall–Kier alpha value is -2.50. The van der Waals surface area contributed by atoms with Gasteiger partial charge in [0.1, 0.15) is 0 Å². The summed E-state index contributed by atoms with van der Waals surface area (Å²) in [7, 11) is 0. The summed E-state index contributed by atoms with van der Waals surface area (Å²) in [6, 6.07) is 3.75. The molecule has 0 aliphatic heterocycles. The molecule has 0 saturated carbocycles. The number of anilines is 2. The molecule has 0 aliphatic carbocycles. The fourth-order valence-corrected chi connectivity index (χ4v) is 1.55. The van der Waals surface area contributed by atoms with Crippen molar-refractivity contribution in [2.75, 3.05) is 5.32 Å². The topological polar surface area (TPSA) is 79.4 Å². The van der Waals surface area contributed by atoms with Crippen LogP contribution in [0, 0.1) is 6.92 Å². The van der Waals surface area contributed by atoms with E-state index < -0.39 is 0 Å². The van der Waals surface area contributed by atoms with Gasteiger partial charge in [0, 0.05) is 18.1 Å². The molecule has 84 valence electrons. The van der Waals surface area contributed by atoms with Gasteiger partial charge in [0.2, 0.25) is 5.95 Å². The van der Waals surface area contributed by atoms with E-state index in [0.717, 1.165) is 16.8 Å². The van der Waals surface area contributed by atoms with Crippen molar-refractivity contribution in [2.24, 2.45) is 0 Å². The van der Waals surface area contributed by atoms with E-state index >= 15 is 0 Å². The Kier molecular flexibility index (Phi) is 2.18. The van der Waals surface area contributed by atoms with Crippen LogP contribution in [0.25, 0.3) is 11.0 Å². The summed E-state index contributed by atoms with van der Waals surface area (Å²) in [5.41, 5.74) is 2.47. The lowest BCUT2D eigenvalue weighted by atomic mass is 10.3. The lowest BCUT2D eigenvalue weighted by Crippen LogP contribution is -1.96. The molecule has 0 atom stereocenters. The lowest BCUT2D eigenvalue weighted by molar-refractivity contribution is 1.05. The van der Waals surface area contributed by atoms with E-state index in [2.05, 4.69) is 30.5 Å². The summed E-state index contributed by atoms with van der Waals surface area (Å²) in [5.74, 6) is 0.511. The van der Waals surface area contributed by atoms with Gasteiger partial charge in [-0.15, -0.1) is 0 Å². The molecule has 0 saturated heterocycles. The summed E-state index contributed by atoms with van der Waals surface area (Å²) in [4.78, 5) is 12.5. The van der Waals surface area contributed by atoms with Crippen molar-refractivity contribution in [3.8, 4) is 0 Å². The Morgan fingerprint density at radius 1 is 1.29 bits per heavy atom. The van der Waals surface area contributed by atoms with Gasteiger partial charge in [0.05, 0.1) is 17.3 Å². The number of nitrogens with zero attached hydrogens (tertiary/aromatic N) is 4. The Bertz CT molecular complexity index is 645. The van der Waals surface area contributed by atoms with Crippen LogP contribution >= 0.6 is 0 Å². The highest BCUT2D eigenvalue weighted by atomic mass is 15.2. The van der Waals surface area contributed by atoms with Crippen LogP contribution in [-0.2, 0) is 0 Å². The van der Waals surface area contributed by atoms with Crippen molar-refractivity contribution in [2.45, 2.75) is 6.92 Å². The van der Waals surface area contributed by atoms with Crippen LogP contribution in [0.1, 0.15) is 5.69 Å². The van der Waals surface area contributed by atoms with E-state index in [-0.39, 0.29) is 0 Å². The van der Waals surface area contributed by atoms with Gasteiger partial charge < -0.3 is 5.32 Å². The fraction of sp³-hybridized carbons (Fsp3) is 0.0909. The van der Waals surface area contributed by atoms with Crippen LogP contribution in [0.15, 0.2) is 30.7 Å². The van der Waals surface area contributed by atoms with E-state index in [4.69, 9.17) is 0 Å². The second kappa shape index (κ2) is 3.82. The first-order valence-corrected chi connectivity index (χ1v) is 5.18. The van der Waals surface area contributed by atoms with Crippen molar-refractivity contribution in [1.29, 1.82) is 0 Å². The number of aryl methyl sites for hydroxylation is 1. The average Bonchev–Trinajstić information content (AvgIpc) is 2.72. The highest BCUT2D eigenvalue weighted by Crippen LogP contribution is 2.15. The quantitative estimate of drug-likeness (QED) is 0.696. The molecule has 3 heterocycles. The van der Waals surface area contributed by atoms with Gasteiger partial charge in [-0.3, -0.25) is 10.1 Å². The Labute approximate surface area is 97.1 Å². The van der Waals surface area contributed by atoms with Crippen LogP contribution in [0.5, 0.6) is 0 Å². The first-order chi connectivity index (χ1) is 8.33. The SMILES string of the molecule is Cc1[nH]nc2nc(Nc3cccnc3)ncc12. The highest BCUT2D eigenvalue weighted by Gasteiger charge is 2.05. The molecule has 0 amide bonds. The van der Waals surface area contributed by atoms with Gasteiger partial charge in [-0.05, 0) is 19.1 Å². The highest BCUT2D eigenvalue weighted by molar-refractivity contribution is 5.77. The molecule has 0 unspecified atom stereocenters. The van der Waals surface area contributed by atoms with Gasteiger partial charge >= 0.3 is 0 Å². The molecule has 6 nitrogen and oxygen atoms in total. The van der Waals surface area contributed by atoms with Crippen LogP contribution in [0.2, 0.25) is 0 Å². The van der Waals surface area contributed by atoms with Crippen LogP contribution in [0.4, 0.5) is 11.6 Å². The van der Waals surface area contributed by atoms with E-state index in [0.29, 0.717) is 11.6 Å². The van der Waals surface area contributed by atoms with Gasteiger partial charge in [-0.2, -0.15) is 10.1 Å². The molecular formula is C11H10N6. The first kappa shape index (κ1) is 9.71. The predicted molar refractivity (Wildman–Crippen MR) is 63.9 cm³/mol. The molecule has 0 bridgehead atoms. The van der Waals surface area contributed by atoms with E-state index in [9.17, 15) is 0 Å². The number of H-pyrrole nitrogens is 1. The van der Waals surface area contributed by atoms with Gasteiger partial charge in [-0.1, -0.05) is 0 Å². The minimum Gasteiger partial charge on any atom is -0.323 e. The monoisotopic (exact) mass is 226 g/mol. The number of pyridine rings is 1. The first-order valence-electron chi connectivity index (χ1n) is 5.18. The third kappa shape index (κ3) is 1.80. The molecule has 3 aromatic rings. The van der Waals surface area contributed by atoms with Crippen LogP contribution in [-0.4, -0.2) is 25.1 Å². The molecule has 0 radical (unpaired) electrons. The molecule has 0 aromatic carbocycles. The molecule has 0 aliphatic rings. The number of aromatic amines is 1. The summed E-state index contributed by atoms with van der Waals surface area (Å²) in [5, 5.41) is 11.0. The van der Waals surface area contributed by atoms with E-state index in [1.165, 1.54) is 0 Å². The standard InChI is InChI=1S/C11H10N6/c1-7-9-6-13-11(15-10(9)17-16-7)14-8-3-2-4-12-5-8/h2-6H,1H3,(H2,13,14,15,16,17). The van der Waals surface area contributed by atoms with Crippen molar-refractivity contribution in [3.63, 3.8) is 0 Å². The molecule has 2 N–H and O–H groups in total. The van der Waals surface area contributed by atoms with Crippen LogP contribution < -0.4 is 5.32 Å². The molecule has 3 rings (SSSR count). The number of rotatable bonds is 2. The summed E-state index contributed by atoms with van der Waals surface area (Å²) >= 11 is 0. The van der Waals surface area contributed by atoms with Crippen molar-refractivity contribution >= 4 is 22.7 Å². The molecule has 17 heavy (non-hydrogen) atoms. The smallest absolute Gasteiger partial charge is 0.229 e. The molecular weight excluding hydrogens is 216 g/mol. The number of aromatic nitrogens is 5. The van der Waals surface area contributed by atoms with Gasteiger partial charge in [0.25, 0.3) is 0 Å². The Morgan fingerprint density at radius 3 is 3.06 bits per heavy atom. The molecule has 3 aromatic heterocycles. The van der Waals surface area contributed by atoms with Gasteiger partial charge in [-0.25, -0.2) is 4.98 Å². The number of fused-ring (bicyclic) bond motifs is 1. The molecule has 6 heteroatoms. The Morgan fingerprint density at radius 2 is 2.24 bits per heavy atom. The zero-order chi connectivity index (χ0) is 11.7. The minimum atomic E-state index is 0.511. The Balaban J connectivity index is 1.96. The van der Waals surface area contributed by atoms with E-state index in [1.807, 2.05) is 19.1 Å². The third-order valence-electron chi connectivity index (χ3n) is 2.42. The summed E-state index contributed by atoms with van der Waals surface area (Å²) < 4.78 is 0. The predicted octanol–water partition coefficient (Wildman–Crippen LogP) is 1.80. The van der Waals surface area contributed by atoms with Crippen molar-refractivity contribution in [1.82, 2.24) is 25.1 Å². The third-order valence-corrected chi connectivity index (χ3v) is 2.42. The lowest BCUT2D eigenvalue weighted by Gasteiger charge is -2.02. The average molecular weight is 226 g/mol. The van der Waals surface area contributed by atoms with Crippen molar-refractivity contribution in [3.05, 3.63) is 36.4 Å². The fourth-order valence-electron chi connectivity index (χ4n) is 1.55. The maximum absolute atomic E-state index is 4.30. The number of hydrogen-bond donors (Lipinski definition) is 2. The molecule has 0 fully saturated rings. The second-order valence-electron chi connectivity index (χ2n) is 3.65. The largest absolute Gasteiger partial charge is 0.323 e.